The molecule has 1 aliphatic heterocycles. The summed E-state index contributed by atoms with van der Waals surface area (Å²) in [5.41, 5.74) is 1.97. The summed E-state index contributed by atoms with van der Waals surface area (Å²) in [6, 6.07) is 4.72. The Kier molecular flexibility index (Phi) is 6.38. The number of amides is 3. The third-order valence-corrected chi connectivity index (χ3v) is 5.36. The van der Waals surface area contributed by atoms with Crippen molar-refractivity contribution in [1.82, 2.24) is 30.0 Å². The van der Waals surface area contributed by atoms with Gasteiger partial charge in [-0.2, -0.15) is 5.10 Å². The van der Waals surface area contributed by atoms with E-state index in [1.165, 1.54) is 4.90 Å². The lowest BCUT2D eigenvalue weighted by Gasteiger charge is -2.24. The van der Waals surface area contributed by atoms with Crippen LogP contribution in [-0.4, -0.2) is 74.7 Å². The maximum absolute atomic E-state index is 12.7. The number of fused-ring (bicyclic) bond motifs is 1. The van der Waals surface area contributed by atoms with Crippen molar-refractivity contribution in [2.75, 3.05) is 25.5 Å². The Balaban J connectivity index is 1.41. The molecule has 0 aromatic carbocycles. The Morgan fingerprint density at radius 1 is 1.15 bits per heavy atom. The maximum atomic E-state index is 12.7. The molecular formula is C23H29N7O4. The molecule has 0 radical (unpaired) electrons. The van der Waals surface area contributed by atoms with Gasteiger partial charge < -0.3 is 19.7 Å². The first-order valence-electron chi connectivity index (χ1n) is 11.0. The van der Waals surface area contributed by atoms with Gasteiger partial charge in [0.1, 0.15) is 11.4 Å². The Labute approximate surface area is 197 Å². The minimum absolute atomic E-state index is 0.283. The number of likely N-dealkylation sites (tertiary alicyclic amines) is 1. The summed E-state index contributed by atoms with van der Waals surface area (Å²) in [4.78, 5) is 35.1. The third-order valence-electron chi connectivity index (χ3n) is 5.36. The van der Waals surface area contributed by atoms with E-state index in [4.69, 9.17) is 9.47 Å². The molecule has 2 N–H and O–H groups in total. The molecule has 3 amide bonds. The fraction of sp³-hybridized carbons (Fsp3) is 0.435. The van der Waals surface area contributed by atoms with Crippen LogP contribution in [0.15, 0.2) is 36.8 Å². The van der Waals surface area contributed by atoms with Gasteiger partial charge in [-0.25, -0.2) is 19.3 Å². The summed E-state index contributed by atoms with van der Waals surface area (Å²) in [5.74, 6) is 0.381. The second-order valence-corrected chi connectivity index (χ2v) is 9.20. The molecule has 0 saturated carbocycles. The molecule has 1 saturated heterocycles. The van der Waals surface area contributed by atoms with Gasteiger partial charge in [0.2, 0.25) is 0 Å². The van der Waals surface area contributed by atoms with E-state index < -0.39 is 17.7 Å². The van der Waals surface area contributed by atoms with Crippen molar-refractivity contribution in [3.63, 3.8) is 0 Å². The highest BCUT2D eigenvalue weighted by atomic mass is 16.6. The number of urea groups is 1. The highest BCUT2D eigenvalue weighted by Gasteiger charge is 2.38. The molecule has 2 atom stereocenters. The van der Waals surface area contributed by atoms with Crippen LogP contribution in [0.2, 0.25) is 0 Å². The molecule has 180 valence electrons. The Morgan fingerprint density at radius 2 is 1.94 bits per heavy atom. The highest BCUT2D eigenvalue weighted by molar-refractivity contribution is 5.91. The molecule has 1 aliphatic rings. The van der Waals surface area contributed by atoms with Crippen molar-refractivity contribution in [3.8, 4) is 5.69 Å². The lowest BCUT2D eigenvalue weighted by atomic mass is 10.2. The van der Waals surface area contributed by atoms with E-state index in [-0.39, 0.29) is 18.7 Å². The zero-order valence-electron chi connectivity index (χ0n) is 19.9. The van der Waals surface area contributed by atoms with Crippen molar-refractivity contribution in [2.24, 2.45) is 0 Å². The molecule has 3 aromatic heterocycles. The quantitative estimate of drug-likeness (QED) is 0.605. The van der Waals surface area contributed by atoms with E-state index in [2.05, 4.69) is 25.7 Å². The first kappa shape index (κ1) is 23.4. The molecule has 3 aromatic rings. The number of carbonyl (C=O) groups excluding carboxylic acids is 2. The zero-order chi connectivity index (χ0) is 24.5. The van der Waals surface area contributed by atoms with E-state index in [1.54, 1.807) is 36.4 Å². The topological polar surface area (TPSA) is 124 Å². The first-order valence-corrected chi connectivity index (χ1v) is 11.0. The molecule has 4 rings (SSSR count). The normalized spacial score (nSPS) is 18.2. The number of aromatic nitrogens is 4. The number of hydrogen-bond donors (Lipinski definition) is 2. The highest BCUT2D eigenvalue weighted by Crippen LogP contribution is 2.21. The minimum Gasteiger partial charge on any atom is -0.444 e. The number of nitrogens with one attached hydrogen (secondary N) is 2. The van der Waals surface area contributed by atoms with E-state index in [0.717, 1.165) is 22.3 Å². The van der Waals surface area contributed by atoms with Crippen molar-refractivity contribution >= 4 is 28.8 Å². The molecule has 2 unspecified atom stereocenters. The van der Waals surface area contributed by atoms with E-state index in [1.807, 2.05) is 39.8 Å². The van der Waals surface area contributed by atoms with Crippen molar-refractivity contribution in [1.29, 1.82) is 0 Å². The summed E-state index contributed by atoms with van der Waals surface area (Å²) in [7, 11) is 1.55. The molecule has 1 fully saturated rings. The third kappa shape index (κ3) is 5.25. The number of anilines is 1. The van der Waals surface area contributed by atoms with Gasteiger partial charge in [-0.15, -0.1) is 0 Å². The number of pyridine rings is 2. The van der Waals surface area contributed by atoms with Crippen molar-refractivity contribution < 1.29 is 19.1 Å². The van der Waals surface area contributed by atoms with Crippen LogP contribution in [0.4, 0.5) is 15.4 Å². The van der Waals surface area contributed by atoms with Gasteiger partial charge in [0.25, 0.3) is 0 Å². The Hall–Kier alpha value is -3.73. The average Bonchev–Trinajstić information content (AvgIpc) is 3.36. The second kappa shape index (κ2) is 9.26. The van der Waals surface area contributed by atoms with Gasteiger partial charge in [0, 0.05) is 30.9 Å². The minimum atomic E-state index is -0.600. The fourth-order valence-corrected chi connectivity index (χ4v) is 3.81. The van der Waals surface area contributed by atoms with Crippen LogP contribution in [0.5, 0.6) is 0 Å². The van der Waals surface area contributed by atoms with E-state index in [0.29, 0.717) is 12.4 Å². The van der Waals surface area contributed by atoms with E-state index in [9.17, 15) is 9.59 Å². The molecule has 0 aliphatic carbocycles. The standard InChI is InChI=1S/C23H29N7O4/c1-14-8-16(6-7-24-14)30-18-11-25-20(9-15(18)10-26-30)28-21(31)27-17-12-29(13-19(17)33-5)22(32)34-23(2,3)4/h6-11,17,19H,12-13H2,1-5H3,(H2,25,27,28,31). The lowest BCUT2D eigenvalue weighted by molar-refractivity contribution is 0.0252. The lowest BCUT2D eigenvalue weighted by Crippen LogP contribution is -2.45. The van der Waals surface area contributed by atoms with Crippen LogP contribution in [0.3, 0.4) is 0 Å². The number of rotatable bonds is 4. The van der Waals surface area contributed by atoms with Gasteiger partial charge in [0.15, 0.2) is 0 Å². The second-order valence-electron chi connectivity index (χ2n) is 9.20. The number of methoxy groups -OCH3 is 1. The van der Waals surface area contributed by atoms with Gasteiger partial charge in [0.05, 0.1) is 42.3 Å². The Bertz CT molecular complexity index is 1200. The van der Waals surface area contributed by atoms with Gasteiger partial charge in [-0.05, 0) is 45.9 Å². The largest absolute Gasteiger partial charge is 0.444 e. The molecule has 0 bridgehead atoms. The van der Waals surface area contributed by atoms with Crippen LogP contribution in [0.1, 0.15) is 26.5 Å². The van der Waals surface area contributed by atoms with Gasteiger partial charge in [-0.3, -0.25) is 10.3 Å². The molecule has 34 heavy (non-hydrogen) atoms. The number of hydrogen-bond acceptors (Lipinski definition) is 7. The fourth-order valence-electron chi connectivity index (χ4n) is 3.81. The summed E-state index contributed by atoms with van der Waals surface area (Å²) in [6.07, 6.45) is 4.31. The molecular weight excluding hydrogens is 438 g/mol. The number of nitrogens with zero attached hydrogens (tertiary/aromatic N) is 5. The van der Waals surface area contributed by atoms with Gasteiger partial charge >= 0.3 is 12.1 Å². The van der Waals surface area contributed by atoms with E-state index >= 15 is 0 Å². The smallest absolute Gasteiger partial charge is 0.410 e. The molecule has 4 heterocycles. The predicted molar refractivity (Wildman–Crippen MR) is 126 cm³/mol. The predicted octanol–water partition coefficient (Wildman–Crippen LogP) is 2.88. The Morgan fingerprint density at radius 3 is 2.65 bits per heavy atom. The molecule has 11 nitrogen and oxygen atoms in total. The molecule has 11 heteroatoms. The molecule has 0 spiro atoms. The zero-order valence-corrected chi connectivity index (χ0v) is 19.9. The number of aryl methyl sites for hydroxylation is 1. The van der Waals surface area contributed by atoms with Crippen LogP contribution in [-0.2, 0) is 9.47 Å². The van der Waals surface area contributed by atoms with Crippen LogP contribution >= 0.6 is 0 Å². The van der Waals surface area contributed by atoms with Crippen molar-refractivity contribution in [3.05, 3.63) is 42.5 Å². The SMILES string of the molecule is COC1CN(C(=O)OC(C)(C)C)CC1NC(=O)Nc1cc2cnn(-c3ccnc(C)c3)c2cn1. The summed E-state index contributed by atoms with van der Waals surface area (Å²) in [6.45, 7) is 7.95. The maximum Gasteiger partial charge on any atom is 0.410 e. The van der Waals surface area contributed by atoms with Gasteiger partial charge in [-0.1, -0.05) is 0 Å². The van der Waals surface area contributed by atoms with Crippen molar-refractivity contribution in [2.45, 2.75) is 45.4 Å². The van der Waals surface area contributed by atoms with Crippen LogP contribution < -0.4 is 10.6 Å². The average molecular weight is 468 g/mol. The first-order chi connectivity index (χ1) is 16.1. The van der Waals surface area contributed by atoms with Crippen LogP contribution in [0.25, 0.3) is 16.6 Å². The summed E-state index contributed by atoms with van der Waals surface area (Å²) >= 11 is 0. The summed E-state index contributed by atoms with van der Waals surface area (Å²) < 4.78 is 12.7. The monoisotopic (exact) mass is 467 g/mol. The van der Waals surface area contributed by atoms with Crippen LogP contribution in [0, 0.1) is 6.92 Å². The summed E-state index contributed by atoms with van der Waals surface area (Å²) in [5, 5.41) is 10.9. The number of carbonyl (C=O) groups is 2. The number of ether oxygens (including phenoxy) is 2.